The molecule has 1 atom stereocenters. The van der Waals surface area contributed by atoms with Crippen LogP contribution in [-0.4, -0.2) is 34.7 Å². The molecule has 180 valence electrons. The fourth-order valence-electron chi connectivity index (χ4n) is 3.88. The summed E-state index contributed by atoms with van der Waals surface area (Å²) >= 11 is 3.45. The van der Waals surface area contributed by atoms with Gasteiger partial charge in [0.15, 0.2) is 0 Å². The summed E-state index contributed by atoms with van der Waals surface area (Å²) in [6, 6.07) is 27.4. The van der Waals surface area contributed by atoms with Crippen molar-refractivity contribution in [2.75, 3.05) is 7.05 Å². The Kier molecular flexibility index (Phi) is 7.93. The zero-order valence-corrected chi connectivity index (χ0v) is 21.2. The number of nitrogens with zero attached hydrogens (tertiary/aromatic N) is 3. The number of nitrogens with one attached hydrogen (secondary N) is 2. The van der Waals surface area contributed by atoms with E-state index in [4.69, 9.17) is 0 Å². The van der Waals surface area contributed by atoms with Gasteiger partial charge < -0.3 is 10.6 Å². The van der Waals surface area contributed by atoms with Crippen LogP contribution in [-0.2, 0) is 17.8 Å². The van der Waals surface area contributed by atoms with Crippen LogP contribution in [0.15, 0.2) is 89.4 Å². The van der Waals surface area contributed by atoms with Crippen LogP contribution >= 0.6 is 15.9 Å². The van der Waals surface area contributed by atoms with Crippen molar-refractivity contribution in [2.45, 2.75) is 19.0 Å². The first-order valence-corrected chi connectivity index (χ1v) is 12.2. The smallest absolute Gasteiger partial charge is 0.270 e. The Bertz CT molecular complexity index is 1430. The maximum atomic E-state index is 13.5. The molecule has 1 aromatic heterocycles. The van der Waals surface area contributed by atoms with Crippen LogP contribution in [0.5, 0.6) is 0 Å². The van der Waals surface area contributed by atoms with Gasteiger partial charge in [0.25, 0.3) is 5.91 Å². The van der Waals surface area contributed by atoms with Crippen LogP contribution in [0, 0.1) is 11.3 Å². The highest BCUT2D eigenvalue weighted by Gasteiger charge is 2.24. The van der Waals surface area contributed by atoms with Crippen molar-refractivity contribution in [3.8, 4) is 17.3 Å². The zero-order chi connectivity index (χ0) is 25.5. The number of rotatable bonds is 8. The van der Waals surface area contributed by atoms with Crippen molar-refractivity contribution in [3.05, 3.63) is 112 Å². The molecule has 0 bridgehead atoms. The molecular weight excluding hydrogens is 518 g/mol. The number of carbonyl (C=O) groups is 2. The first kappa shape index (κ1) is 24.9. The molecule has 7 nitrogen and oxygen atoms in total. The van der Waals surface area contributed by atoms with E-state index in [0.717, 1.165) is 21.2 Å². The van der Waals surface area contributed by atoms with Gasteiger partial charge in [-0.3, -0.25) is 14.3 Å². The molecule has 0 saturated heterocycles. The summed E-state index contributed by atoms with van der Waals surface area (Å²) in [4.78, 5) is 26.1. The lowest BCUT2D eigenvalue weighted by molar-refractivity contribution is -0.122. The van der Waals surface area contributed by atoms with E-state index >= 15 is 0 Å². The van der Waals surface area contributed by atoms with Gasteiger partial charge in [-0.25, -0.2) is 0 Å². The second kappa shape index (κ2) is 11.5. The Hall–Kier alpha value is -4.22. The Morgan fingerprint density at radius 1 is 1.00 bits per heavy atom. The van der Waals surface area contributed by atoms with E-state index in [1.54, 1.807) is 36.0 Å². The van der Waals surface area contributed by atoms with Crippen LogP contribution in [0.2, 0.25) is 0 Å². The number of hydrogen-bond donors (Lipinski definition) is 2. The largest absolute Gasteiger partial charge is 0.357 e. The lowest BCUT2D eigenvalue weighted by Gasteiger charge is -2.18. The SMILES string of the molecule is CNC(=O)C(Cc1cccc(Br)c1)NC(=O)c1cc(-c2cccc(C#N)c2)nn1Cc1ccccc1. The lowest BCUT2D eigenvalue weighted by atomic mass is 10.0. The van der Waals surface area contributed by atoms with Crippen LogP contribution < -0.4 is 10.6 Å². The van der Waals surface area contributed by atoms with Crippen LogP contribution in [0.4, 0.5) is 0 Å². The van der Waals surface area contributed by atoms with E-state index in [0.29, 0.717) is 29.9 Å². The summed E-state index contributed by atoms with van der Waals surface area (Å²) in [5, 5.41) is 19.5. The third-order valence-electron chi connectivity index (χ3n) is 5.67. The molecule has 0 aliphatic rings. The normalized spacial score (nSPS) is 11.4. The maximum absolute atomic E-state index is 13.5. The van der Waals surface area contributed by atoms with E-state index in [1.165, 1.54) is 0 Å². The molecule has 8 heteroatoms. The van der Waals surface area contributed by atoms with Gasteiger partial charge in [0.1, 0.15) is 11.7 Å². The monoisotopic (exact) mass is 541 g/mol. The third kappa shape index (κ3) is 6.06. The Morgan fingerprint density at radius 2 is 1.75 bits per heavy atom. The van der Waals surface area contributed by atoms with Crippen molar-refractivity contribution >= 4 is 27.7 Å². The average Bonchev–Trinajstić information content (AvgIpc) is 3.32. The lowest BCUT2D eigenvalue weighted by Crippen LogP contribution is -2.47. The predicted octanol–water partition coefficient (Wildman–Crippen LogP) is 4.32. The first-order valence-electron chi connectivity index (χ1n) is 11.4. The molecule has 4 aromatic rings. The molecule has 0 saturated carbocycles. The third-order valence-corrected chi connectivity index (χ3v) is 6.17. The fraction of sp³-hybridized carbons (Fsp3) is 0.143. The number of halogens is 1. The molecule has 0 aliphatic carbocycles. The van der Waals surface area contributed by atoms with Gasteiger partial charge >= 0.3 is 0 Å². The van der Waals surface area contributed by atoms with Crippen molar-refractivity contribution in [1.29, 1.82) is 5.26 Å². The van der Waals surface area contributed by atoms with Crippen LogP contribution in [0.1, 0.15) is 27.2 Å². The standard InChI is InChI=1S/C28H24BrN5O2/c1-31-27(35)25(15-20-9-6-12-23(29)14-20)32-28(36)26-16-24(22-11-5-10-21(13-22)17-30)33-34(26)18-19-7-3-2-4-8-19/h2-14,16,25H,15,18H2,1H3,(H,31,35)(H,32,36). The van der Waals surface area contributed by atoms with Crippen molar-refractivity contribution in [1.82, 2.24) is 20.4 Å². The summed E-state index contributed by atoms with van der Waals surface area (Å²) in [6.07, 6.45) is 0.328. The molecule has 1 heterocycles. The van der Waals surface area contributed by atoms with Crippen molar-refractivity contribution in [2.24, 2.45) is 0 Å². The minimum atomic E-state index is -0.776. The highest BCUT2D eigenvalue weighted by atomic mass is 79.9. The molecule has 36 heavy (non-hydrogen) atoms. The second-order valence-corrected chi connectivity index (χ2v) is 9.14. The Balaban J connectivity index is 1.67. The highest BCUT2D eigenvalue weighted by Crippen LogP contribution is 2.22. The Labute approximate surface area is 217 Å². The van der Waals surface area contributed by atoms with E-state index in [-0.39, 0.29) is 5.91 Å². The van der Waals surface area contributed by atoms with E-state index in [9.17, 15) is 14.9 Å². The molecule has 2 amide bonds. The number of carbonyl (C=O) groups excluding carboxylic acids is 2. The number of likely N-dealkylation sites (N-methyl/N-ethyl adjacent to an activating group) is 1. The van der Waals surface area contributed by atoms with E-state index in [2.05, 4.69) is 37.7 Å². The molecule has 3 aromatic carbocycles. The topological polar surface area (TPSA) is 99.8 Å². The van der Waals surface area contributed by atoms with Gasteiger partial charge in [0, 0.05) is 23.5 Å². The number of nitriles is 1. The van der Waals surface area contributed by atoms with Gasteiger partial charge in [-0.15, -0.1) is 0 Å². The van der Waals surface area contributed by atoms with Crippen LogP contribution in [0.3, 0.4) is 0 Å². The molecular formula is C28H24BrN5O2. The predicted molar refractivity (Wildman–Crippen MR) is 141 cm³/mol. The zero-order valence-electron chi connectivity index (χ0n) is 19.6. The van der Waals surface area contributed by atoms with Gasteiger partial charge in [-0.1, -0.05) is 70.5 Å². The summed E-state index contributed by atoms with van der Waals surface area (Å²) in [6.45, 7) is 0.373. The summed E-state index contributed by atoms with van der Waals surface area (Å²) in [5.41, 5.74) is 4.00. The van der Waals surface area contributed by atoms with E-state index in [1.807, 2.05) is 60.7 Å². The highest BCUT2D eigenvalue weighted by molar-refractivity contribution is 9.10. The van der Waals surface area contributed by atoms with E-state index < -0.39 is 11.9 Å². The minimum Gasteiger partial charge on any atom is -0.357 e. The minimum absolute atomic E-state index is 0.292. The summed E-state index contributed by atoms with van der Waals surface area (Å²) < 4.78 is 2.52. The number of hydrogen-bond acceptors (Lipinski definition) is 4. The first-order chi connectivity index (χ1) is 17.5. The van der Waals surface area contributed by atoms with Gasteiger partial charge in [0.05, 0.1) is 23.9 Å². The summed E-state index contributed by atoms with van der Waals surface area (Å²) in [5.74, 6) is -0.705. The quantitative estimate of drug-likeness (QED) is 0.347. The number of amides is 2. The van der Waals surface area contributed by atoms with Gasteiger partial charge in [-0.2, -0.15) is 10.4 Å². The molecule has 0 fully saturated rings. The van der Waals surface area contributed by atoms with Crippen molar-refractivity contribution < 1.29 is 9.59 Å². The maximum Gasteiger partial charge on any atom is 0.270 e. The molecule has 0 spiro atoms. The molecule has 4 rings (SSSR count). The molecule has 0 aliphatic heterocycles. The molecule has 1 unspecified atom stereocenters. The number of benzene rings is 3. The van der Waals surface area contributed by atoms with Gasteiger partial charge in [-0.05, 0) is 41.5 Å². The number of aromatic nitrogens is 2. The molecule has 2 N–H and O–H groups in total. The molecule has 0 radical (unpaired) electrons. The Morgan fingerprint density at radius 3 is 2.47 bits per heavy atom. The van der Waals surface area contributed by atoms with Gasteiger partial charge in [0.2, 0.25) is 5.91 Å². The van der Waals surface area contributed by atoms with Crippen molar-refractivity contribution in [3.63, 3.8) is 0 Å². The average molecular weight is 542 g/mol. The summed E-state index contributed by atoms with van der Waals surface area (Å²) in [7, 11) is 1.54. The fourth-order valence-corrected chi connectivity index (χ4v) is 4.33. The van der Waals surface area contributed by atoms with Crippen LogP contribution in [0.25, 0.3) is 11.3 Å². The second-order valence-electron chi connectivity index (χ2n) is 8.23.